The van der Waals surface area contributed by atoms with Crippen LogP contribution in [0.2, 0.25) is 0 Å². The summed E-state index contributed by atoms with van der Waals surface area (Å²) in [7, 11) is 0. The maximum absolute atomic E-state index is 9.09. The third kappa shape index (κ3) is 3.05. The first kappa shape index (κ1) is 12.1. The standard InChI is InChI=1S/C13H16N2OS/c1-2-15(9-13-4-3-7-17-13)12-5-6-14-11(8-12)10-16/h3-8,16H,2,9-10H2,1H3. The Hall–Kier alpha value is -1.39. The van der Waals surface area contributed by atoms with Gasteiger partial charge in [0.25, 0.3) is 0 Å². The highest BCUT2D eigenvalue weighted by molar-refractivity contribution is 7.09. The van der Waals surface area contributed by atoms with Crippen molar-refractivity contribution in [3.8, 4) is 0 Å². The molecular formula is C13H16N2OS. The zero-order valence-electron chi connectivity index (χ0n) is 9.84. The second-order valence-electron chi connectivity index (χ2n) is 3.76. The number of anilines is 1. The Morgan fingerprint density at radius 2 is 2.29 bits per heavy atom. The van der Waals surface area contributed by atoms with E-state index in [4.69, 9.17) is 5.11 Å². The number of nitrogens with zero attached hydrogens (tertiary/aromatic N) is 2. The highest BCUT2D eigenvalue weighted by Gasteiger charge is 2.06. The second kappa shape index (κ2) is 5.80. The Labute approximate surface area is 105 Å². The summed E-state index contributed by atoms with van der Waals surface area (Å²) in [4.78, 5) is 7.71. The Bertz CT molecular complexity index is 456. The lowest BCUT2D eigenvalue weighted by Gasteiger charge is -2.22. The fraction of sp³-hybridized carbons (Fsp3) is 0.308. The fourth-order valence-corrected chi connectivity index (χ4v) is 2.44. The van der Waals surface area contributed by atoms with E-state index < -0.39 is 0 Å². The van der Waals surface area contributed by atoms with Crippen LogP contribution in [-0.4, -0.2) is 16.6 Å². The first-order chi connectivity index (χ1) is 8.33. The van der Waals surface area contributed by atoms with Crippen LogP contribution in [0.3, 0.4) is 0 Å². The topological polar surface area (TPSA) is 36.4 Å². The average molecular weight is 248 g/mol. The smallest absolute Gasteiger partial charge is 0.0853 e. The first-order valence-corrected chi connectivity index (χ1v) is 6.54. The van der Waals surface area contributed by atoms with Gasteiger partial charge in [0.05, 0.1) is 18.8 Å². The molecule has 0 radical (unpaired) electrons. The number of rotatable bonds is 5. The van der Waals surface area contributed by atoms with Gasteiger partial charge in [0.15, 0.2) is 0 Å². The number of pyridine rings is 1. The van der Waals surface area contributed by atoms with Gasteiger partial charge >= 0.3 is 0 Å². The van der Waals surface area contributed by atoms with E-state index >= 15 is 0 Å². The van der Waals surface area contributed by atoms with Crippen LogP contribution in [0, 0.1) is 0 Å². The maximum Gasteiger partial charge on any atom is 0.0853 e. The molecule has 2 aromatic rings. The normalized spacial score (nSPS) is 10.5. The van der Waals surface area contributed by atoms with E-state index in [1.807, 2.05) is 12.1 Å². The summed E-state index contributed by atoms with van der Waals surface area (Å²) >= 11 is 1.76. The second-order valence-corrected chi connectivity index (χ2v) is 4.79. The highest BCUT2D eigenvalue weighted by Crippen LogP contribution is 2.19. The lowest BCUT2D eigenvalue weighted by molar-refractivity contribution is 0.277. The number of hydrogen-bond donors (Lipinski definition) is 1. The molecule has 2 heterocycles. The monoisotopic (exact) mass is 248 g/mol. The summed E-state index contributed by atoms with van der Waals surface area (Å²) in [6.45, 7) is 3.97. The number of aromatic nitrogens is 1. The fourth-order valence-electron chi connectivity index (χ4n) is 1.72. The van der Waals surface area contributed by atoms with Gasteiger partial charge in [-0.3, -0.25) is 4.98 Å². The lowest BCUT2D eigenvalue weighted by atomic mass is 10.3. The van der Waals surface area contributed by atoms with Crippen LogP contribution in [0.4, 0.5) is 5.69 Å². The van der Waals surface area contributed by atoms with Crippen LogP contribution in [0.5, 0.6) is 0 Å². The molecular weight excluding hydrogens is 232 g/mol. The van der Waals surface area contributed by atoms with Gasteiger partial charge in [0.2, 0.25) is 0 Å². The number of thiophene rings is 1. The van der Waals surface area contributed by atoms with E-state index in [2.05, 4.69) is 34.3 Å². The molecule has 0 saturated carbocycles. The number of aliphatic hydroxyl groups is 1. The van der Waals surface area contributed by atoms with Crippen molar-refractivity contribution in [2.45, 2.75) is 20.1 Å². The molecule has 3 nitrogen and oxygen atoms in total. The van der Waals surface area contributed by atoms with E-state index in [-0.39, 0.29) is 6.61 Å². The first-order valence-electron chi connectivity index (χ1n) is 5.66. The van der Waals surface area contributed by atoms with Crippen molar-refractivity contribution in [3.05, 3.63) is 46.4 Å². The predicted octanol–water partition coefficient (Wildman–Crippen LogP) is 2.66. The molecule has 0 spiro atoms. The van der Waals surface area contributed by atoms with Crippen molar-refractivity contribution < 1.29 is 5.11 Å². The predicted molar refractivity (Wildman–Crippen MR) is 71.2 cm³/mol. The maximum atomic E-state index is 9.09. The van der Waals surface area contributed by atoms with Gasteiger partial charge < -0.3 is 10.0 Å². The molecule has 0 unspecified atom stereocenters. The van der Waals surface area contributed by atoms with Crippen LogP contribution in [0.1, 0.15) is 17.5 Å². The summed E-state index contributed by atoms with van der Waals surface area (Å²) in [6.07, 6.45) is 1.75. The molecule has 0 atom stereocenters. The van der Waals surface area contributed by atoms with Crippen LogP contribution < -0.4 is 4.90 Å². The van der Waals surface area contributed by atoms with Crippen molar-refractivity contribution in [2.24, 2.45) is 0 Å². The summed E-state index contributed by atoms with van der Waals surface area (Å²) in [6, 6.07) is 8.13. The molecule has 4 heteroatoms. The lowest BCUT2D eigenvalue weighted by Crippen LogP contribution is -2.21. The molecule has 0 bridgehead atoms. The van der Waals surface area contributed by atoms with Gasteiger partial charge in [-0.2, -0.15) is 0 Å². The van der Waals surface area contributed by atoms with Crippen LogP contribution in [0.15, 0.2) is 35.8 Å². The molecule has 0 saturated heterocycles. The van der Waals surface area contributed by atoms with Crippen LogP contribution >= 0.6 is 11.3 Å². The van der Waals surface area contributed by atoms with E-state index in [1.54, 1.807) is 17.5 Å². The minimum atomic E-state index is -0.00953. The molecule has 0 amide bonds. The van der Waals surface area contributed by atoms with E-state index in [9.17, 15) is 0 Å². The van der Waals surface area contributed by atoms with Crippen molar-refractivity contribution in [1.29, 1.82) is 0 Å². The molecule has 0 aliphatic rings. The molecule has 2 rings (SSSR count). The third-order valence-electron chi connectivity index (χ3n) is 2.64. The van der Waals surface area contributed by atoms with Crippen molar-refractivity contribution in [2.75, 3.05) is 11.4 Å². The summed E-state index contributed by atoms with van der Waals surface area (Å²) in [5.74, 6) is 0. The zero-order valence-corrected chi connectivity index (χ0v) is 10.7. The van der Waals surface area contributed by atoms with Gasteiger partial charge in [-0.05, 0) is 30.5 Å². The minimum Gasteiger partial charge on any atom is -0.390 e. The number of aliphatic hydroxyl groups excluding tert-OH is 1. The zero-order chi connectivity index (χ0) is 12.1. The Balaban J connectivity index is 2.16. The SMILES string of the molecule is CCN(Cc1cccs1)c1ccnc(CO)c1. The largest absolute Gasteiger partial charge is 0.390 e. The Kier molecular flexibility index (Phi) is 4.12. The number of hydrogen-bond acceptors (Lipinski definition) is 4. The Morgan fingerprint density at radius 1 is 1.41 bits per heavy atom. The van der Waals surface area contributed by atoms with E-state index in [0.717, 1.165) is 18.8 Å². The van der Waals surface area contributed by atoms with Gasteiger partial charge in [0.1, 0.15) is 0 Å². The van der Waals surface area contributed by atoms with Crippen LogP contribution in [0.25, 0.3) is 0 Å². The average Bonchev–Trinajstić information content (AvgIpc) is 2.89. The van der Waals surface area contributed by atoms with Crippen molar-refractivity contribution in [1.82, 2.24) is 4.98 Å². The summed E-state index contributed by atoms with van der Waals surface area (Å²) < 4.78 is 0. The highest BCUT2D eigenvalue weighted by atomic mass is 32.1. The molecule has 2 aromatic heterocycles. The minimum absolute atomic E-state index is 0.00953. The quantitative estimate of drug-likeness (QED) is 0.883. The van der Waals surface area contributed by atoms with E-state index in [0.29, 0.717) is 5.69 Å². The summed E-state index contributed by atoms with van der Waals surface area (Å²) in [5.41, 5.74) is 1.83. The summed E-state index contributed by atoms with van der Waals surface area (Å²) in [5, 5.41) is 11.2. The van der Waals surface area contributed by atoms with E-state index in [1.165, 1.54) is 4.88 Å². The van der Waals surface area contributed by atoms with Crippen molar-refractivity contribution in [3.63, 3.8) is 0 Å². The van der Waals surface area contributed by atoms with Gasteiger partial charge in [0, 0.05) is 23.3 Å². The molecule has 90 valence electrons. The molecule has 0 aromatic carbocycles. The molecule has 0 aliphatic carbocycles. The molecule has 1 N–H and O–H groups in total. The van der Waals surface area contributed by atoms with Gasteiger partial charge in [-0.1, -0.05) is 6.07 Å². The van der Waals surface area contributed by atoms with Gasteiger partial charge in [-0.25, -0.2) is 0 Å². The molecule has 0 aliphatic heterocycles. The van der Waals surface area contributed by atoms with Crippen LogP contribution in [-0.2, 0) is 13.2 Å². The Morgan fingerprint density at radius 3 is 2.94 bits per heavy atom. The molecule has 0 fully saturated rings. The van der Waals surface area contributed by atoms with Gasteiger partial charge in [-0.15, -0.1) is 11.3 Å². The van der Waals surface area contributed by atoms with Crippen molar-refractivity contribution >= 4 is 17.0 Å². The third-order valence-corrected chi connectivity index (χ3v) is 3.50. The molecule has 17 heavy (non-hydrogen) atoms.